The zero-order valence-electron chi connectivity index (χ0n) is 7.15. The Labute approximate surface area is 95.3 Å². The van der Waals surface area contributed by atoms with E-state index in [-0.39, 0.29) is 0 Å². The normalized spacial score (nSPS) is 10.7. The molecule has 74 valence electrons. The van der Waals surface area contributed by atoms with E-state index >= 15 is 0 Å². The molecule has 0 bridgehead atoms. The standard InChI is InChI=1S/C8H7Cl2N3S/c9-3-8-12-11-5-13(8)4-6-1-2-7(10)14-6/h1-2,5H,3-4H2. The maximum Gasteiger partial charge on any atom is 0.148 e. The number of hydrogen-bond acceptors (Lipinski definition) is 3. The van der Waals surface area contributed by atoms with Gasteiger partial charge in [0.1, 0.15) is 12.2 Å². The minimum Gasteiger partial charge on any atom is -0.311 e. The summed E-state index contributed by atoms with van der Waals surface area (Å²) in [6.07, 6.45) is 1.67. The summed E-state index contributed by atoms with van der Waals surface area (Å²) < 4.78 is 2.70. The van der Waals surface area contributed by atoms with Crippen LogP contribution in [0.1, 0.15) is 10.7 Å². The highest BCUT2D eigenvalue weighted by Gasteiger charge is 2.04. The van der Waals surface area contributed by atoms with Gasteiger partial charge in [-0.3, -0.25) is 0 Å². The highest BCUT2D eigenvalue weighted by atomic mass is 35.5. The van der Waals surface area contributed by atoms with Crippen molar-refractivity contribution in [1.82, 2.24) is 14.8 Å². The molecule has 2 rings (SSSR count). The fourth-order valence-electron chi connectivity index (χ4n) is 1.12. The Morgan fingerprint density at radius 1 is 1.43 bits per heavy atom. The predicted molar refractivity (Wildman–Crippen MR) is 58.0 cm³/mol. The van der Waals surface area contributed by atoms with Crippen LogP contribution in [0.15, 0.2) is 18.5 Å². The lowest BCUT2D eigenvalue weighted by atomic mass is 10.4. The van der Waals surface area contributed by atoms with Crippen LogP contribution < -0.4 is 0 Å². The third-order valence-corrected chi connectivity index (χ3v) is 3.23. The molecule has 0 unspecified atom stereocenters. The highest BCUT2D eigenvalue weighted by molar-refractivity contribution is 7.16. The second-order valence-electron chi connectivity index (χ2n) is 2.71. The zero-order chi connectivity index (χ0) is 9.97. The smallest absolute Gasteiger partial charge is 0.148 e. The fourth-order valence-corrected chi connectivity index (χ4v) is 2.41. The maximum atomic E-state index is 5.83. The Kier molecular flexibility index (Phi) is 3.05. The van der Waals surface area contributed by atoms with Crippen LogP contribution in [0.4, 0.5) is 0 Å². The van der Waals surface area contributed by atoms with Crippen LogP contribution in [0, 0.1) is 0 Å². The van der Waals surface area contributed by atoms with Gasteiger partial charge in [-0.15, -0.1) is 33.1 Å². The lowest BCUT2D eigenvalue weighted by Gasteiger charge is -2.00. The molecule has 3 nitrogen and oxygen atoms in total. The number of hydrogen-bond donors (Lipinski definition) is 0. The van der Waals surface area contributed by atoms with E-state index < -0.39 is 0 Å². The van der Waals surface area contributed by atoms with Crippen LogP contribution in [-0.2, 0) is 12.4 Å². The van der Waals surface area contributed by atoms with Crippen LogP contribution in [-0.4, -0.2) is 14.8 Å². The first kappa shape index (κ1) is 9.96. The molecule has 0 aliphatic carbocycles. The summed E-state index contributed by atoms with van der Waals surface area (Å²) in [5.41, 5.74) is 0. The minimum atomic E-state index is 0.374. The molecule has 0 saturated carbocycles. The van der Waals surface area contributed by atoms with Crippen molar-refractivity contribution in [2.24, 2.45) is 0 Å². The number of halogens is 2. The molecule has 2 heterocycles. The quantitative estimate of drug-likeness (QED) is 0.782. The molecule has 0 aliphatic heterocycles. The van der Waals surface area contributed by atoms with Gasteiger partial charge in [-0.1, -0.05) is 11.6 Å². The van der Waals surface area contributed by atoms with Crippen molar-refractivity contribution in [3.05, 3.63) is 33.5 Å². The second-order valence-corrected chi connectivity index (χ2v) is 4.78. The van der Waals surface area contributed by atoms with Gasteiger partial charge in [0, 0.05) is 4.88 Å². The third kappa shape index (κ3) is 2.08. The van der Waals surface area contributed by atoms with Crippen LogP contribution in [0.25, 0.3) is 0 Å². The average Bonchev–Trinajstić information content (AvgIpc) is 2.76. The van der Waals surface area contributed by atoms with Crippen molar-refractivity contribution < 1.29 is 0 Å². The summed E-state index contributed by atoms with van der Waals surface area (Å²) in [5.74, 6) is 1.15. The third-order valence-electron chi connectivity index (χ3n) is 1.77. The lowest BCUT2D eigenvalue weighted by molar-refractivity contribution is 0.764. The summed E-state index contributed by atoms with van der Waals surface area (Å²) in [5, 5.41) is 7.69. The van der Waals surface area contributed by atoms with Crippen molar-refractivity contribution in [2.75, 3.05) is 0 Å². The van der Waals surface area contributed by atoms with E-state index in [1.165, 1.54) is 4.88 Å². The Morgan fingerprint density at radius 2 is 2.29 bits per heavy atom. The molecule has 0 aliphatic rings. The molecule has 0 aromatic carbocycles. The molecule has 14 heavy (non-hydrogen) atoms. The fraction of sp³-hybridized carbons (Fsp3) is 0.250. The maximum absolute atomic E-state index is 5.83. The van der Waals surface area contributed by atoms with E-state index in [0.29, 0.717) is 5.88 Å². The topological polar surface area (TPSA) is 30.7 Å². The predicted octanol–water partition coefficient (Wildman–Crippen LogP) is 2.78. The molecule has 0 saturated heterocycles. The number of nitrogens with zero attached hydrogens (tertiary/aromatic N) is 3. The van der Waals surface area contributed by atoms with Gasteiger partial charge in [-0.2, -0.15) is 0 Å². The molecule has 2 aromatic rings. The first-order chi connectivity index (χ1) is 6.79. The number of aromatic nitrogens is 3. The van der Waals surface area contributed by atoms with Crippen LogP contribution in [0.5, 0.6) is 0 Å². The Hall–Kier alpha value is -0.580. The monoisotopic (exact) mass is 247 g/mol. The van der Waals surface area contributed by atoms with E-state index in [1.54, 1.807) is 17.7 Å². The van der Waals surface area contributed by atoms with E-state index in [0.717, 1.165) is 16.7 Å². The van der Waals surface area contributed by atoms with Crippen molar-refractivity contribution in [3.63, 3.8) is 0 Å². The first-order valence-electron chi connectivity index (χ1n) is 3.96. The second kappa shape index (κ2) is 4.29. The average molecular weight is 248 g/mol. The van der Waals surface area contributed by atoms with Gasteiger partial charge in [0.05, 0.1) is 16.8 Å². The van der Waals surface area contributed by atoms with Gasteiger partial charge >= 0.3 is 0 Å². The lowest BCUT2D eigenvalue weighted by Crippen LogP contribution is -2.00. The Morgan fingerprint density at radius 3 is 2.93 bits per heavy atom. The van der Waals surface area contributed by atoms with Crippen LogP contribution in [0.2, 0.25) is 4.34 Å². The molecule has 6 heteroatoms. The van der Waals surface area contributed by atoms with Gasteiger partial charge < -0.3 is 4.57 Å². The Bertz CT molecular complexity index is 424. The van der Waals surface area contributed by atoms with E-state index in [4.69, 9.17) is 23.2 Å². The molecular weight excluding hydrogens is 241 g/mol. The highest BCUT2D eigenvalue weighted by Crippen LogP contribution is 2.22. The van der Waals surface area contributed by atoms with Crippen molar-refractivity contribution in [1.29, 1.82) is 0 Å². The number of thiophene rings is 1. The summed E-state index contributed by atoms with van der Waals surface area (Å²) in [6.45, 7) is 0.729. The molecule has 0 amide bonds. The van der Waals surface area contributed by atoms with Gasteiger partial charge in [0.25, 0.3) is 0 Å². The van der Waals surface area contributed by atoms with Gasteiger partial charge in [0.2, 0.25) is 0 Å². The number of alkyl halides is 1. The molecule has 0 fully saturated rings. The largest absolute Gasteiger partial charge is 0.311 e. The van der Waals surface area contributed by atoms with Gasteiger partial charge in [-0.25, -0.2) is 0 Å². The summed E-state index contributed by atoms with van der Waals surface area (Å²) in [4.78, 5) is 1.17. The molecule has 0 atom stereocenters. The summed E-state index contributed by atoms with van der Waals surface area (Å²) >= 11 is 13.1. The SMILES string of the molecule is ClCc1nncn1Cc1ccc(Cl)s1. The molecule has 0 spiro atoms. The van der Waals surface area contributed by atoms with Gasteiger partial charge in [-0.05, 0) is 12.1 Å². The molecule has 2 aromatic heterocycles. The molecule has 0 N–H and O–H groups in total. The van der Waals surface area contributed by atoms with Gasteiger partial charge in [0.15, 0.2) is 0 Å². The van der Waals surface area contributed by atoms with E-state index in [9.17, 15) is 0 Å². The number of rotatable bonds is 3. The summed E-state index contributed by atoms with van der Waals surface area (Å²) in [7, 11) is 0. The molecular formula is C8H7Cl2N3S. The summed E-state index contributed by atoms with van der Waals surface area (Å²) in [6, 6.07) is 3.87. The molecule has 0 radical (unpaired) electrons. The van der Waals surface area contributed by atoms with Crippen LogP contribution in [0.3, 0.4) is 0 Å². The van der Waals surface area contributed by atoms with Crippen molar-refractivity contribution in [3.8, 4) is 0 Å². The minimum absolute atomic E-state index is 0.374. The van der Waals surface area contributed by atoms with Crippen molar-refractivity contribution in [2.45, 2.75) is 12.4 Å². The van der Waals surface area contributed by atoms with E-state index in [2.05, 4.69) is 10.2 Å². The van der Waals surface area contributed by atoms with Crippen molar-refractivity contribution >= 4 is 34.5 Å². The Balaban J connectivity index is 2.18. The first-order valence-corrected chi connectivity index (χ1v) is 5.69. The van der Waals surface area contributed by atoms with Crippen LogP contribution >= 0.6 is 34.5 Å². The van der Waals surface area contributed by atoms with E-state index in [1.807, 2.05) is 16.7 Å². The zero-order valence-corrected chi connectivity index (χ0v) is 9.48.